The van der Waals surface area contributed by atoms with E-state index in [0.29, 0.717) is 0 Å². The predicted molar refractivity (Wildman–Crippen MR) is 52.8 cm³/mol. The van der Waals surface area contributed by atoms with Crippen LogP contribution in [0.15, 0.2) is 4.74 Å². The van der Waals surface area contributed by atoms with E-state index in [1.54, 1.807) is 0 Å². The third-order valence-electron chi connectivity index (χ3n) is 1.63. The zero-order chi connectivity index (χ0) is 15.9. The molecule has 0 saturated carbocycles. The number of rotatable bonds is 3. The molecule has 0 heterocycles. The normalized spacial score (nSPS) is 12.7. The summed E-state index contributed by atoms with van der Waals surface area (Å²) in [5, 5.41) is 0. The molecule has 0 radical (unpaired) electrons. The molecular weight excluding hydrogens is 339 g/mol. The monoisotopic (exact) mass is 343 g/mol. The van der Waals surface area contributed by atoms with Gasteiger partial charge < -0.3 is 19.6 Å². The van der Waals surface area contributed by atoms with Gasteiger partial charge in [0.05, 0.1) is 0 Å². The number of phosphoric acid groups is 1. The lowest BCUT2D eigenvalue weighted by molar-refractivity contribution is 0.254. The topological polar surface area (TPSA) is 120 Å². The van der Waals surface area contributed by atoms with Crippen molar-refractivity contribution < 1.29 is 50.4 Å². The Hall–Kier alpha value is -0.870. The largest absolute Gasteiger partial charge is 0.477 e. The molecule has 0 bridgehead atoms. The van der Waals surface area contributed by atoms with E-state index in [4.69, 9.17) is 19.6 Å². The molecule has 0 amide bonds. The lowest BCUT2D eigenvalue weighted by Gasteiger charge is -2.12. The van der Waals surface area contributed by atoms with Gasteiger partial charge in [-0.1, -0.05) is 0 Å². The molecule has 14 heteroatoms. The molecule has 0 fully saturated rings. The average Bonchev–Trinajstić information content (AvgIpc) is 2.26. The molecule has 0 aliphatic heterocycles. The highest BCUT2D eigenvalue weighted by atomic mass is 31.3. The molecule has 0 spiro atoms. The summed E-state index contributed by atoms with van der Waals surface area (Å²) in [5.41, 5.74) is -2.03. The molecule has 4 N–H and O–H groups in total. The van der Waals surface area contributed by atoms with E-state index in [1.807, 2.05) is 0 Å². The number of nitrogens with zero attached hydrogens (tertiary/aromatic N) is 1. The Kier molecular flexibility index (Phi) is 4.72. The highest BCUT2D eigenvalue weighted by Crippen LogP contribution is 2.58. The maximum Gasteiger partial charge on any atom is 0.477 e. The second kappa shape index (κ2) is 5.49. The number of hydrogen-bond donors (Lipinski definition) is 4. The first kappa shape index (κ1) is 17.2. The van der Waals surface area contributed by atoms with E-state index < -0.39 is 50.3 Å². The van der Waals surface area contributed by atoms with Gasteiger partial charge in [-0.15, -0.1) is 0 Å². The summed E-state index contributed by atoms with van der Waals surface area (Å²) in [7, 11) is -11.0. The van der Waals surface area contributed by atoms with Crippen LogP contribution in [0.2, 0.25) is 0 Å². The van der Waals surface area contributed by atoms with Gasteiger partial charge in [-0.2, -0.15) is 4.74 Å². The van der Waals surface area contributed by atoms with Crippen LogP contribution in [-0.4, -0.2) is 19.6 Å². The first-order valence-electron chi connectivity index (χ1n) is 4.22. The van der Waals surface area contributed by atoms with Crippen LogP contribution >= 0.6 is 15.6 Å². The van der Waals surface area contributed by atoms with Crippen molar-refractivity contribution in [1.29, 1.82) is 0 Å². The van der Waals surface area contributed by atoms with Gasteiger partial charge in [-0.05, 0) is 0 Å². The molecular formula is C6H4F5NO6P2. The van der Waals surface area contributed by atoms with Crippen LogP contribution < -0.4 is 0 Å². The highest BCUT2D eigenvalue weighted by molar-refractivity contribution is 7.61. The van der Waals surface area contributed by atoms with Crippen LogP contribution in [0.3, 0.4) is 0 Å². The molecule has 0 saturated heterocycles. The van der Waals surface area contributed by atoms with Gasteiger partial charge in [0.1, 0.15) is 5.69 Å². The maximum atomic E-state index is 13.1. The Morgan fingerprint density at radius 2 is 1.15 bits per heavy atom. The molecule has 0 aliphatic rings. The number of hydrogen-bond acceptors (Lipinski definition) is 3. The second-order valence-corrected chi connectivity index (χ2v) is 5.96. The summed E-state index contributed by atoms with van der Waals surface area (Å²) >= 11 is 0. The predicted octanol–water partition coefficient (Wildman–Crippen LogP) is 2.05. The van der Waals surface area contributed by atoms with Crippen LogP contribution in [0.5, 0.6) is 0 Å². The van der Waals surface area contributed by atoms with Crippen LogP contribution in [0.25, 0.3) is 0 Å². The van der Waals surface area contributed by atoms with Crippen molar-refractivity contribution in [3.63, 3.8) is 0 Å². The third-order valence-corrected chi connectivity index (χ3v) is 3.82. The Balaban J connectivity index is 3.53. The molecule has 0 unspecified atom stereocenters. The van der Waals surface area contributed by atoms with E-state index in [-0.39, 0.29) is 0 Å². The minimum Gasteiger partial charge on any atom is -0.318 e. The molecule has 20 heavy (non-hydrogen) atoms. The van der Waals surface area contributed by atoms with Crippen LogP contribution in [0.4, 0.5) is 27.6 Å². The van der Waals surface area contributed by atoms with Crippen molar-refractivity contribution in [2.75, 3.05) is 0 Å². The van der Waals surface area contributed by atoms with Gasteiger partial charge in [0.2, 0.25) is 5.82 Å². The van der Waals surface area contributed by atoms with Gasteiger partial charge in [0, 0.05) is 0 Å². The van der Waals surface area contributed by atoms with Crippen molar-refractivity contribution in [2.45, 2.75) is 0 Å². The Morgan fingerprint density at radius 3 is 1.50 bits per heavy atom. The fraction of sp³-hybridized carbons (Fsp3) is 0. The van der Waals surface area contributed by atoms with Crippen LogP contribution in [0.1, 0.15) is 0 Å². The second-order valence-electron chi connectivity index (χ2n) is 3.10. The average molecular weight is 343 g/mol. The van der Waals surface area contributed by atoms with Crippen molar-refractivity contribution in [3.05, 3.63) is 29.1 Å². The van der Waals surface area contributed by atoms with Gasteiger partial charge in [-0.25, -0.2) is 30.8 Å². The molecule has 114 valence electrons. The van der Waals surface area contributed by atoms with E-state index in [2.05, 4.69) is 9.06 Å². The van der Waals surface area contributed by atoms with Crippen molar-refractivity contribution in [1.82, 2.24) is 0 Å². The fourth-order valence-electron chi connectivity index (χ4n) is 0.972. The zero-order valence-electron chi connectivity index (χ0n) is 8.84. The quantitative estimate of drug-likeness (QED) is 0.289. The van der Waals surface area contributed by atoms with Crippen LogP contribution in [0, 0.1) is 29.1 Å². The van der Waals surface area contributed by atoms with E-state index in [1.165, 1.54) is 0 Å². The van der Waals surface area contributed by atoms with Crippen molar-refractivity contribution in [3.8, 4) is 0 Å². The third kappa shape index (κ3) is 3.83. The lowest BCUT2D eigenvalue weighted by Crippen LogP contribution is -2.01. The summed E-state index contributed by atoms with van der Waals surface area (Å²) in [6.07, 6.45) is 0. The van der Waals surface area contributed by atoms with Gasteiger partial charge in [0.25, 0.3) is 0 Å². The van der Waals surface area contributed by atoms with E-state index >= 15 is 0 Å². The van der Waals surface area contributed by atoms with Gasteiger partial charge in [0.15, 0.2) is 23.3 Å². The summed E-state index contributed by atoms with van der Waals surface area (Å²) in [4.78, 5) is 34.4. The SMILES string of the molecule is O=P(O)(O)OP(O)(O)=Nc1c(F)c(F)c(F)c(F)c1F. The smallest absolute Gasteiger partial charge is 0.318 e. The van der Waals surface area contributed by atoms with E-state index in [9.17, 15) is 26.5 Å². The summed E-state index contributed by atoms with van der Waals surface area (Å²) < 4.78 is 80.2. The molecule has 0 aliphatic carbocycles. The van der Waals surface area contributed by atoms with E-state index in [0.717, 1.165) is 0 Å². The molecule has 7 nitrogen and oxygen atoms in total. The Bertz CT molecular complexity index is 625. The minimum absolute atomic E-state index is 2.03. The number of benzene rings is 1. The highest BCUT2D eigenvalue weighted by Gasteiger charge is 2.31. The fourth-order valence-corrected chi connectivity index (χ4v) is 2.70. The molecule has 1 aromatic rings. The summed E-state index contributed by atoms with van der Waals surface area (Å²) in [6.45, 7) is 0. The number of halogens is 5. The Labute approximate surface area is 106 Å². The molecule has 0 atom stereocenters. The zero-order valence-corrected chi connectivity index (χ0v) is 10.6. The summed E-state index contributed by atoms with van der Waals surface area (Å²) in [6, 6.07) is 0. The molecule has 1 aromatic carbocycles. The minimum atomic E-state index is -5.54. The maximum absolute atomic E-state index is 13.1. The van der Waals surface area contributed by atoms with Crippen molar-refractivity contribution in [2.24, 2.45) is 4.74 Å². The first-order valence-corrected chi connectivity index (χ1v) is 7.31. The lowest BCUT2D eigenvalue weighted by atomic mass is 10.2. The first-order chi connectivity index (χ1) is 8.86. The van der Waals surface area contributed by atoms with Gasteiger partial charge in [-0.3, -0.25) is 0 Å². The standard InChI is InChI=1S/C6H4F5NO6P2/c7-1-2(8)4(10)6(5(11)3(1)9)12-19(13,14)18-20(15,16)17/h13-14H,(H2,15,16,17). The molecule has 1 rings (SSSR count). The molecule has 0 aromatic heterocycles. The van der Waals surface area contributed by atoms with Gasteiger partial charge >= 0.3 is 15.6 Å². The van der Waals surface area contributed by atoms with Crippen molar-refractivity contribution >= 4 is 21.2 Å². The van der Waals surface area contributed by atoms with Crippen LogP contribution in [-0.2, 0) is 8.88 Å². The Morgan fingerprint density at radius 1 is 0.800 bits per heavy atom. The summed E-state index contributed by atoms with van der Waals surface area (Å²) in [5.74, 6) is -12.4.